The van der Waals surface area contributed by atoms with E-state index in [1.54, 1.807) is 0 Å². The van der Waals surface area contributed by atoms with Gasteiger partial charge in [0.15, 0.2) is 0 Å². The largest absolute Gasteiger partial charge is 0.455 e. The van der Waals surface area contributed by atoms with Crippen molar-refractivity contribution >= 4 is 103 Å². The molecule has 0 aliphatic carbocycles. The standard InChI is InChI=1S/C52H32N2OS/c1-2-17-38-33(13-1)27-30-43-51-47(24-12-25-48(51)55-52(38)43)54(36-15-11-14-35(32-36)53-45-22-8-4-18-39(45)40-19-5-9-23-46(40)53)44-21-7-3-16-37(44)34-28-29-42-41-20-6-10-26-49(41)56-50(42)31-34/h1-32H. The van der Waals surface area contributed by atoms with E-state index in [0.29, 0.717) is 0 Å². The van der Waals surface area contributed by atoms with Crippen LogP contribution in [-0.2, 0) is 0 Å². The summed E-state index contributed by atoms with van der Waals surface area (Å²) in [5, 5.41) is 9.56. The molecule has 0 saturated carbocycles. The Morgan fingerprint density at radius 2 is 1.11 bits per heavy atom. The van der Waals surface area contributed by atoms with E-state index in [1.807, 2.05) is 11.3 Å². The van der Waals surface area contributed by atoms with Crippen molar-refractivity contribution < 1.29 is 4.42 Å². The SMILES string of the molecule is c1cc(N(c2ccccc2-c2ccc3c(c2)sc2ccccc23)c2cccc3oc4c5ccccc5ccc4c23)cc(-n2c3ccccc3c3ccccc32)c1. The predicted octanol–water partition coefficient (Wildman–Crippen LogP) is 15.3. The molecule has 262 valence electrons. The van der Waals surface area contributed by atoms with Crippen LogP contribution in [0.5, 0.6) is 0 Å². The van der Waals surface area contributed by atoms with E-state index in [9.17, 15) is 0 Å². The van der Waals surface area contributed by atoms with Crippen molar-refractivity contribution in [3.05, 3.63) is 194 Å². The predicted molar refractivity (Wildman–Crippen MR) is 239 cm³/mol. The van der Waals surface area contributed by atoms with Crippen LogP contribution in [0.1, 0.15) is 0 Å². The smallest absolute Gasteiger partial charge is 0.143 e. The van der Waals surface area contributed by atoms with E-state index in [1.165, 1.54) is 52.9 Å². The average molecular weight is 733 g/mol. The van der Waals surface area contributed by atoms with Gasteiger partial charge in [0.2, 0.25) is 0 Å². The molecular weight excluding hydrogens is 701 g/mol. The summed E-state index contributed by atoms with van der Waals surface area (Å²) in [5.74, 6) is 0. The highest BCUT2D eigenvalue weighted by Gasteiger charge is 2.24. The summed E-state index contributed by atoms with van der Waals surface area (Å²) in [7, 11) is 0. The summed E-state index contributed by atoms with van der Waals surface area (Å²) in [5.41, 5.74) is 10.8. The Labute approximate surface area is 326 Å². The Hall–Kier alpha value is -7.14. The van der Waals surface area contributed by atoms with Crippen LogP contribution < -0.4 is 4.90 Å². The van der Waals surface area contributed by atoms with Crippen molar-refractivity contribution in [1.29, 1.82) is 0 Å². The van der Waals surface area contributed by atoms with Gasteiger partial charge in [-0.1, -0.05) is 127 Å². The van der Waals surface area contributed by atoms with Gasteiger partial charge in [-0.25, -0.2) is 0 Å². The zero-order valence-corrected chi connectivity index (χ0v) is 31.0. The number of hydrogen-bond donors (Lipinski definition) is 0. The van der Waals surface area contributed by atoms with Gasteiger partial charge in [0.05, 0.1) is 27.8 Å². The van der Waals surface area contributed by atoms with E-state index in [0.717, 1.165) is 55.6 Å². The van der Waals surface area contributed by atoms with Crippen molar-refractivity contribution in [1.82, 2.24) is 4.57 Å². The third-order valence-electron chi connectivity index (χ3n) is 11.4. The maximum absolute atomic E-state index is 6.77. The van der Waals surface area contributed by atoms with Gasteiger partial charge in [-0.3, -0.25) is 0 Å². The second-order valence-electron chi connectivity index (χ2n) is 14.5. The van der Waals surface area contributed by atoms with Crippen molar-refractivity contribution in [2.45, 2.75) is 0 Å². The Kier molecular flexibility index (Phi) is 6.80. The normalized spacial score (nSPS) is 11.9. The van der Waals surface area contributed by atoms with Crippen molar-refractivity contribution in [2.75, 3.05) is 4.90 Å². The number of para-hydroxylation sites is 3. The Morgan fingerprint density at radius 3 is 1.96 bits per heavy atom. The number of aromatic nitrogens is 1. The minimum absolute atomic E-state index is 0.863. The van der Waals surface area contributed by atoms with Crippen molar-refractivity contribution in [3.63, 3.8) is 0 Å². The molecule has 4 heteroatoms. The number of nitrogens with zero attached hydrogens (tertiary/aromatic N) is 2. The summed E-state index contributed by atoms with van der Waals surface area (Å²) < 4.78 is 11.8. The van der Waals surface area contributed by atoms with Crippen molar-refractivity contribution in [3.8, 4) is 16.8 Å². The van der Waals surface area contributed by atoms with Gasteiger partial charge >= 0.3 is 0 Å². The minimum Gasteiger partial charge on any atom is -0.455 e. The molecule has 3 aromatic heterocycles. The lowest BCUT2D eigenvalue weighted by Gasteiger charge is -2.29. The molecule has 12 rings (SSSR count). The first-order chi connectivity index (χ1) is 27.8. The molecule has 0 fully saturated rings. The minimum atomic E-state index is 0.863. The van der Waals surface area contributed by atoms with Gasteiger partial charge in [-0.15, -0.1) is 11.3 Å². The summed E-state index contributed by atoms with van der Waals surface area (Å²) >= 11 is 1.86. The third-order valence-corrected chi connectivity index (χ3v) is 12.5. The highest BCUT2D eigenvalue weighted by atomic mass is 32.1. The van der Waals surface area contributed by atoms with Crippen molar-refractivity contribution in [2.24, 2.45) is 0 Å². The maximum Gasteiger partial charge on any atom is 0.143 e. The molecule has 3 heterocycles. The Bertz CT molecular complexity index is 3460. The molecule has 0 bridgehead atoms. The summed E-state index contributed by atoms with van der Waals surface area (Å²) in [6.45, 7) is 0. The molecule has 0 N–H and O–H groups in total. The number of benzene rings is 9. The van der Waals surface area contributed by atoms with E-state index >= 15 is 0 Å². The molecule has 0 saturated heterocycles. The third kappa shape index (κ3) is 4.63. The number of rotatable bonds is 5. The maximum atomic E-state index is 6.77. The quantitative estimate of drug-likeness (QED) is 0.176. The molecule has 0 aliphatic heterocycles. The Morgan fingerprint density at radius 1 is 0.446 bits per heavy atom. The first-order valence-corrected chi connectivity index (χ1v) is 19.8. The van der Waals surface area contributed by atoms with E-state index in [-0.39, 0.29) is 0 Å². The first-order valence-electron chi connectivity index (χ1n) is 19.0. The van der Waals surface area contributed by atoms with Crippen LogP contribution >= 0.6 is 11.3 Å². The zero-order chi connectivity index (χ0) is 36.7. The summed E-state index contributed by atoms with van der Waals surface area (Å²) in [4.78, 5) is 2.44. The molecule has 3 nitrogen and oxygen atoms in total. The Balaban J connectivity index is 1.14. The lowest BCUT2D eigenvalue weighted by Crippen LogP contribution is -2.12. The van der Waals surface area contributed by atoms with Crippen LogP contribution in [0.3, 0.4) is 0 Å². The summed E-state index contributed by atoms with van der Waals surface area (Å²) in [6.07, 6.45) is 0. The highest BCUT2D eigenvalue weighted by molar-refractivity contribution is 7.25. The molecule has 0 radical (unpaired) electrons. The molecule has 9 aromatic carbocycles. The monoisotopic (exact) mass is 732 g/mol. The molecule has 0 spiro atoms. The molecular formula is C52H32N2OS. The molecule has 0 unspecified atom stereocenters. The molecule has 12 aromatic rings. The highest BCUT2D eigenvalue weighted by Crippen LogP contribution is 2.48. The fraction of sp³-hybridized carbons (Fsp3) is 0. The van der Waals surface area contributed by atoms with Gasteiger partial charge in [0, 0.05) is 58.7 Å². The van der Waals surface area contributed by atoms with E-state index in [4.69, 9.17) is 4.42 Å². The number of anilines is 3. The van der Waals surface area contributed by atoms with E-state index in [2.05, 4.69) is 204 Å². The molecule has 0 atom stereocenters. The van der Waals surface area contributed by atoms with E-state index < -0.39 is 0 Å². The fourth-order valence-corrected chi connectivity index (χ4v) is 10.1. The number of thiophene rings is 1. The van der Waals surface area contributed by atoms with Crippen LogP contribution in [0.25, 0.3) is 91.5 Å². The average Bonchev–Trinajstić information content (AvgIpc) is 3.94. The van der Waals surface area contributed by atoms with Crippen LogP contribution in [0.15, 0.2) is 199 Å². The van der Waals surface area contributed by atoms with Crippen LogP contribution in [-0.4, -0.2) is 4.57 Å². The molecule has 0 amide bonds. The van der Waals surface area contributed by atoms with Crippen LogP contribution in [0, 0.1) is 0 Å². The molecule has 56 heavy (non-hydrogen) atoms. The van der Waals surface area contributed by atoms with Gasteiger partial charge in [-0.05, 0) is 77.7 Å². The van der Waals surface area contributed by atoms with Gasteiger partial charge in [-0.2, -0.15) is 0 Å². The topological polar surface area (TPSA) is 21.3 Å². The lowest BCUT2D eigenvalue weighted by molar-refractivity contribution is 0.672. The second kappa shape index (κ2) is 12.2. The first kappa shape index (κ1) is 31.2. The number of hydrogen-bond acceptors (Lipinski definition) is 3. The van der Waals surface area contributed by atoms with Crippen LogP contribution in [0.4, 0.5) is 17.1 Å². The summed E-state index contributed by atoms with van der Waals surface area (Å²) in [6, 6.07) is 70.3. The zero-order valence-electron chi connectivity index (χ0n) is 30.2. The fourth-order valence-electron chi connectivity index (χ4n) is 8.91. The van der Waals surface area contributed by atoms with Gasteiger partial charge in [0.25, 0.3) is 0 Å². The lowest BCUT2D eigenvalue weighted by atomic mass is 9.99. The molecule has 0 aliphatic rings. The van der Waals surface area contributed by atoms with Crippen LogP contribution in [0.2, 0.25) is 0 Å². The number of furan rings is 1. The van der Waals surface area contributed by atoms with Gasteiger partial charge in [0.1, 0.15) is 11.2 Å². The second-order valence-corrected chi connectivity index (χ2v) is 15.6. The van der Waals surface area contributed by atoms with Gasteiger partial charge < -0.3 is 13.9 Å². The number of fused-ring (bicyclic) bond motifs is 11.